The van der Waals surface area contributed by atoms with Crippen molar-refractivity contribution in [1.29, 1.82) is 5.26 Å². The number of imidazole rings is 1. The fraction of sp³-hybridized carbons (Fsp3) is 0.440. The van der Waals surface area contributed by atoms with Crippen LogP contribution in [0, 0.1) is 22.7 Å². The largest absolute Gasteiger partial charge is 0.573 e. The van der Waals surface area contributed by atoms with Crippen molar-refractivity contribution in [3.63, 3.8) is 0 Å². The number of hydrogen-bond acceptors (Lipinski definition) is 3. The van der Waals surface area contributed by atoms with Crippen LogP contribution in [-0.2, 0) is 6.42 Å². The predicted molar refractivity (Wildman–Crippen MR) is 116 cm³/mol. The highest BCUT2D eigenvalue weighted by molar-refractivity contribution is 5.78. The summed E-state index contributed by atoms with van der Waals surface area (Å²) in [7, 11) is 0. The molecule has 1 fully saturated rings. The fourth-order valence-corrected chi connectivity index (χ4v) is 5.23. The highest BCUT2D eigenvalue weighted by Gasteiger charge is 2.34. The summed E-state index contributed by atoms with van der Waals surface area (Å²) in [5.74, 6) is 1.19. The smallest absolute Gasteiger partial charge is 0.406 e. The molecule has 0 spiro atoms. The fourth-order valence-electron chi connectivity index (χ4n) is 5.23. The summed E-state index contributed by atoms with van der Waals surface area (Å²) in [5, 5.41) is 9.29. The molecule has 32 heavy (non-hydrogen) atoms. The van der Waals surface area contributed by atoms with Gasteiger partial charge >= 0.3 is 6.36 Å². The number of aromatic nitrogens is 2. The molecule has 168 valence electrons. The Kier molecular flexibility index (Phi) is 5.66. The maximum absolute atomic E-state index is 12.5. The van der Waals surface area contributed by atoms with E-state index in [4.69, 9.17) is 4.98 Å². The van der Waals surface area contributed by atoms with Crippen molar-refractivity contribution in [2.24, 2.45) is 11.3 Å². The number of rotatable bonds is 4. The van der Waals surface area contributed by atoms with Crippen LogP contribution in [0.1, 0.15) is 63.0 Å². The zero-order valence-electron chi connectivity index (χ0n) is 18.4. The zero-order chi connectivity index (χ0) is 23.1. The van der Waals surface area contributed by atoms with Gasteiger partial charge in [0.05, 0.1) is 22.7 Å². The maximum atomic E-state index is 12.5. The lowest BCUT2D eigenvalue weighted by atomic mass is 9.70. The van der Waals surface area contributed by atoms with Crippen molar-refractivity contribution >= 4 is 11.0 Å². The molecule has 2 aromatic carbocycles. The second kappa shape index (κ2) is 8.16. The molecule has 0 bridgehead atoms. The number of benzene rings is 2. The van der Waals surface area contributed by atoms with Gasteiger partial charge < -0.3 is 9.30 Å². The molecule has 7 heteroatoms. The Morgan fingerprint density at radius 3 is 2.50 bits per heavy atom. The number of alkyl halides is 3. The molecule has 0 amide bonds. The van der Waals surface area contributed by atoms with Gasteiger partial charge in [-0.2, -0.15) is 5.26 Å². The van der Waals surface area contributed by atoms with E-state index in [1.807, 2.05) is 12.1 Å². The molecule has 2 atom stereocenters. The Morgan fingerprint density at radius 2 is 1.88 bits per heavy atom. The van der Waals surface area contributed by atoms with Crippen LogP contribution in [0.5, 0.6) is 5.75 Å². The number of nitriles is 1. The average molecular weight is 441 g/mol. The molecular weight excluding hydrogens is 415 g/mol. The molecule has 4 rings (SSSR count). The second-order valence-corrected chi connectivity index (χ2v) is 9.65. The third kappa shape index (κ3) is 4.90. The third-order valence-electron chi connectivity index (χ3n) is 6.14. The van der Waals surface area contributed by atoms with Crippen molar-refractivity contribution in [3.8, 4) is 11.8 Å². The van der Waals surface area contributed by atoms with Crippen LogP contribution in [0.15, 0.2) is 42.5 Å². The van der Waals surface area contributed by atoms with Crippen LogP contribution in [0.25, 0.3) is 11.0 Å². The van der Waals surface area contributed by atoms with Gasteiger partial charge in [-0.1, -0.05) is 32.9 Å². The van der Waals surface area contributed by atoms with Crippen LogP contribution in [0.3, 0.4) is 0 Å². The molecule has 1 aliphatic carbocycles. The molecule has 0 radical (unpaired) electrons. The number of ether oxygens (including phenoxy) is 1. The number of hydrogen-bond donors (Lipinski definition) is 0. The van der Waals surface area contributed by atoms with E-state index in [1.165, 1.54) is 18.6 Å². The highest BCUT2D eigenvalue weighted by atomic mass is 19.4. The van der Waals surface area contributed by atoms with Gasteiger partial charge in [0.1, 0.15) is 11.6 Å². The Morgan fingerprint density at radius 1 is 1.16 bits per heavy atom. The van der Waals surface area contributed by atoms with Crippen molar-refractivity contribution < 1.29 is 17.9 Å². The molecule has 3 aromatic rings. The first kappa shape index (κ1) is 22.2. The zero-order valence-corrected chi connectivity index (χ0v) is 18.4. The Balaban J connectivity index is 1.72. The van der Waals surface area contributed by atoms with Crippen LogP contribution in [-0.4, -0.2) is 15.9 Å². The molecule has 0 aliphatic heterocycles. The number of halogens is 3. The summed E-state index contributed by atoms with van der Waals surface area (Å²) in [6.07, 6.45) is -0.994. The molecule has 4 nitrogen and oxygen atoms in total. The van der Waals surface area contributed by atoms with Crippen molar-refractivity contribution in [2.75, 3.05) is 0 Å². The summed E-state index contributed by atoms with van der Waals surface area (Å²) in [6.45, 7) is 6.86. The third-order valence-corrected chi connectivity index (χ3v) is 6.14. The van der Waals surface area contributed by atoms with E-state index in [-0.39, 0.29) is 17.2 Å². The van der Waals surface area contributed by atoms with Gasteiger partial charge in [-0.3, -0.25) is 0 Å². The van der Waals surface area contributed by atoms with E-state index >= 15 is 0 Å². The highest BCUT2D eigenvalue weighted by Crippen LogP contribution is 2.45. The average Bonchev–Trinajstić information content (AvgIpc) is 3.03. The maximum Gasteiger partial charge on any atom is 0.573 e. The summed E-state index contributed by atoms with van der Waals surface area (Å²) in [4.78, 5) is 4.85. The minimum atomic E-state index is -4.71. The topological polar surface area (TPSA) is 50.8 Å². The Hall–Kier alpha value is -3.01. The van der Waals surface area contributed by atoms with Gasteiger partial charge in [-0.25, -0.2) is 4.98 Å². The van der Waals surface area contributed by atoms with Crippen molar-refractivity contribution in [2.45, 2.75) is 58.9 Å². The Labute approximate surface area is 185 Å². The normalized spacial score (nSPS) is 20.8. The van der Waals surface area contributed by atoms with Crippen LogP contribution >= 0.6 is 0 Å². The lowest BCUT2D eigenvalue weighted by Gasteiger charge is -2.40. The summed E-state index contributed by atoms with van der Waals surface area (Å²) >= 11 is 0. The molecule has 0 saturated heterocycles. The molecule has 1 heterocycles. The standard InChI is InChI=1S/C25H26F3N3O/c1-16-10-19(14-24(2,3)13-16)31-22-9-6-18(15-29)11-21(22)30-23(31)12-17-4-7-20(8-5-17)32-25(26,27)28/h4-9,11,16,19H,10,12-14H2,1-3H3/t16-,19?/m1/s1. The van der Waals surface area contributed by atoms with Crippen LogP contribution in [0.4, 0.5) is 13.2 Å². The van der Waals surface area contributed by atoms with E-state index in [2.05, 4.69) is 36.1 Å². The number of nitrogens with zero attached hydrogens (tertiary/aromatic N) is 3. The van der Waals surface area contributed by atoms with Crippen LogP contribution < -0.4 is 4.74 Å². The second-order valence-electron chi connectivity index (χ2n) is 9.65. The van der Waals surface area contributed by atoms with E-state index < -0.39 is 6.36 Å². The summed E-state index contributed by atoms with van der Waals surface area (Å²) in [5.41, 5.74) is 3.37. The number of fused-ring (bicyclic) bond motifs is 1. The van der Waals surface area contributed by atoms with E-state index in [1.54, 1.807) is 18.2 Å². The van der Waals surface area contributed by atoms with Gasteiger partial charge in [-0.05, 0) is 66.5 Å². The molecule has 1 aromatic heterocycles. The summed E-state index contributed by atoms with van der Waals surface area (Å²) in [6, 6.07) is 13.9. The molecule has 0 N–H and O–H groups in total. The van der Waals surface area contributed by atoms with Gasteiger partial charge in [0, 0.05) is 12.5 Å². The molecular formula is C25H26F3N3O. The van der Waals surface area contributed by atoms with Gasteiger partial charge in [-0.15, -0.1) is 13.2 Å². The lowest BCUT2D eigenvalue weighted by molar-refractivity contribution is -0.274. The summed E-state index contributed by atoms with van der Waals surface area (Å²) < 4.78 is 43.7. The van der Waals surface area contributed by atoms with Gasteiger partial charge in [0.25, 0.3) is 0 Å². The van der Waals surface area contributed by atoms with Crippen LogP contribution in [0.2, 0.25) is 0 Å². The van der Waals surface area contributed by atoms with E-state index in [9.17, 15) is 18.4 Å². The Bertz CT molecular complexity index is 1160. The van der Waals surface area contributed by atoms with Gasteiger partial charge in [0.15, 0.2) is 0 Å². The lowest BCUT2D eigenvalue weighted by Crippen LogP contribution is -2.30. The molecule has 1 aliphatic rings. The predicted octanol–water partition coefficient (Wildman–Crippen LogP) is 6.78. The first-order valence-electron chi connectivity index (χ1n) is 10.8. The van der Waals surface area contributed by atoms with Crippen molar-refractivity contribution in [3.05, 3.63) is 59.4 Å². The minimum absolute atomic E-state index is 0.208. The molecule has 1 unspecified atom stereocenters. The van der Waals surface area contributed by atoms with Gasteiger partial charge in [0.2, 0.25) is 0 Å². The molecule has 1 saturated carbocycles. The first-order chi connectivity index (χ1) is 15.0. The SMILES string of the molecule is C[C@@H]1CC(n2c(Cc3ccc(OC(F)(F)F)cc3)nc3cc(C#N)ccc32)CC(C)(C)C1. The van der Waals surface area contributed by atoms with E-state index in [0.717, 1.165) is 35.3 Å². The minimum Gasteiger partial charge on any atom is -0.406 e. The first-order valence-corrected chi connectivity index (χ1v) is 10.8. The van der Waals surface area contributed by atoms with Crippen molar-refractivity contribution in [1.82, 2.24) is 9.55 Å². The van der Waals surface area contributed by atoms with E-state index in [0.29, 0.717) is 17.9 Å². The monoisotopic (exact) mass is 441 g/mol. The quantitative estimate of drug-likeness (QED) is 0.448.